The van der Waals surface area contributed by atoms with E-state index in [2.05, 4.69) is 173 Å². The molecule has 0 unspecified atom stereocenters. The zero-order valence-electron chi connectivity index (χ0n) is 29.1. The van der Waals surface area contributed by atoms with E-state index >= 15 is 0 Å². The van der Waals surface area contributed by atoms with E-state index in [4.69, 9.17) is 0 Å². The minimum Gasteiger partial charge on any atom is -0.309 e. The van der Waals surface area contributed by atoms with Crippen molar-refractivity contribution in [2.24, 2.45) is 0 Å². The van der Waals surface area contributed by atoms with Crippen LogP contribution in [0.25, 0.3) is 88.4 Å². The second-order valence-corrected chi connectivity index (χ2v) is 13.7. The summed E-state index contributed by atoms with van der Waals surface area (Å²) in [6.45, 7) is 0. The molecule has 0 aliphatic heterocycles. The van der Waals surface area contributed by atoms with Crippen LogP contribution in [0.15, 0.2) is 182 Å². The lowest BCUT2D eigenvalue weighted by Crippen LogP contribution is -1.96. The van der Waals surface area contributed by atoms with Gasteiger partial charge in [-0.3, -0.25) is 0 Å². The van der Waals surface area contributed by atoms with Gasteiger partial charge >= 0.3 is 0 Å². The second kappa shape index (κ2) is 12.5. The molecule has 0 N–H and O–H groups in total. The molecule has 0 radical (unpaired) electrons. The summed E-state index contributed by atoms with van der Waals surface area (Å²) in [4.78, 5) is 0. The van der Waals surface area contributed by atoms with Crippen LogP contribution in [0.3, 0.4) is 0 Å². The molecule has 0 fully saturated rings. The Kier molecular flexibility index (Phi) is 7.22. The molecule has 0 spiro atoms. The summed E-state index contributed by atoms with van der Waals surface area (Å²) >= 11 is 0. The topological polar surface area (TPSA) is 57.4 Å². The Morgan fingerprint density at radius 1 is 0.296 bits per heavy atom. The average molecular weight is 687 g/mol. The van der Waals surface area contributed by atoms with E-state index in [1.807, 2.05) is 30.3 Å². The summed E-state index contributed by atoms with van der Waals surface area (Å²) in [7, 11) is 0. The number of fused-ring (bicyclic) bond motifs is 6. The quantitative estimate of drug-likeness (QED) is 0.181. The van der Waals surface area contributed by atoms with Crippen LogP contribution in [0, 0.1) is 22.7 Å². The third-order valence-corrected chi connectivity index (χ3v) is 10.5. The lowest BCUT2D eigenvalue weighted by Gasteiger charge is -2.15. The Bertz CT molecular complexity index is 3190. The molecule has 0 amide bonds. The summed E-state index contributed by atoms with van der Waals surface area (Å²) in [6.07, 6.45) is 0. The zero-order valence-corrected chi connectivity index (χ0v) is 29.1. The molecule has 0 saturated heterocycles. The van der Waals surface area contributed by atoms with Crippen LogP contribution in [0.4, 0.5) is 0 Å². The smallest absolute Gasteiger partial charge is 0.0991 e. The number of benzene rings is 8. The van der Waals surface area contributed by atoms with Gasteiger partial charge in [0.1, 0.15) is 0 Å². The fourth-order valence-electron chi connectivity index (χ4n) is 8.05. The van der Waals surface area contributed by atoms with E-state index < -0.39 is 0 Å². The predicted molar refractivity (Wildman–Crippen MR) is 221 cm³/mol. The van der Waals surface area contributed by atoms with Gasteiger partial charge in [0.25, 0.3) is 0 Å². The Labute approximate surface area is 312 Å². The summed E-state index contributed by atoms with van der Waals surface area (Å²) in [5, 5.41) is 23.9. The molecule has 0 aliphatic rings. The number of rotatable bonds is 5. The van der Waals surface area contributed by atoms with E-state index in [9.17, 15) is 10.5 Å². The Balaban J connectivity index is 1.23. The maximum Gasteiger partial charge on any atom is 0.0991 e. The van der Waals surface area contributed by atoms with Crippen LogP contribution in [0.2, 0.25) is 0 Å². The van der Waals surface area contributed by atoms with Gasteiger partial charge in [0.05, 0.1) is 45.3 Å². The highest BCUT2D eigenvalue weighted by atomic mass is 15.0. The molecule has 54 heavy (non-hydrogen) atoms. The predicted octanol–water partition coefficient (Wildman–Crippen LogP) is 12.6. The normalized spacial score (nSPS) is 11.3. The summed E-state index contributed by atoms with van der Waals surface area (Å²) in [5.74, 6) is 0. The first-order chi connectivity index (χ1) is 26.7. The van der Waals surface area contributed by atoms with Gasteiger partial charge in [0.2, 0.25) is 0 Å². The molecule has 0 bridgehead atoms. The summed E-state index contributed by atoms with van der Waals surface area (Å²) in [6, 6.07) is 68.1. The third-order valence-electron chi connectivity index (χ3n) is 10.5. The lowest BCUT2D eigenvalue weighted by atomic mass is 9.94. The van der Waals surface area contributed by atoms with Crippen LogP contribution in [-0.4, -0.2) is 9.13 Å². The van der Waals surface area contributed by atoms with Gasteiger partial charge < -0.3 is 9.13 Å². The molecule has 10 rings (SSSR count). The van der Waals surface area contributed by atoms with E-state index in [0.29, 0.717) is 11.1 Å². The monoisotopic (exact) mass is 686 g/mol. The first kappa shape index (κ1) is 31.1. The van der Waals surface area contributed by atoms with Gasteiger partial charge in [0, 0.05) is 32.9 Å². The zero-order chi connectivity index (χ0) is 36.2. The summed E-state index contributed by atoms with van der Waals surface area (Å²) < 4.78 is 4.66. The SMILES string of the molecule is N#Cc1cccc(-c2cccc(-c3cc(-c4ccc5c(c4)c4ccccc4n5-c4ccccc4)cc(-n4c5ccccc5c5cc(C#N)ccc54)c3)c2)c1. The van der Waals surface area contributed by atoms with Crippen molar-refractivity contribution in [2.75, 3.05) is 0 Å². The number of hydrogen-bond acceptors (Lipinski definition) is 2. The van der Waals surface area contributed by atoms with Crippen LogP contribution in [0.1, 0.15) is 11.1 Å². The van der Waals surface area contributed by atoms with Crippen molar-refractivity contribution in [3.63, 3.8) is 0 Å². The third kappa shape index (κ3) is 5.06. The van der Waals surface area contributed by atoms with Crippen molar-refractivity contribution >= 4 is 43.6 Å². The molecule has 0 aliphatic carbocycles. The van der Waals surface area contributed by atoms with Gasteiger partial charge in [0.15, 0.2) is 0 Å². The molecule has 250 valence electrons. The van der Waals surface area contributed by atoms with Crippen molar-refractivity contribution in [1.82, 2.24) is 9.13 Å². The maximum absolute atomic E-state index is 9.79. The van der Waals surface area contributed by atoms with Crippen molar-refractivity contribution in [2.45, 2.75) is 0 Å². The Hall–Kier alpha value is -7.66. The van der Waals surface area contributed by atoms with Gasteiger partial charge in [-0.1, -0.05) is 91.0 Å². The number of para-hydroxylation sites is 3. The Morgan fingerprint density at radius 2 is 0.778 bits per heavy atom. The highest BCUT2D eigenvalue weighted by Crippen LogP contribution is 2.39. The van der Waals surface area contributed by atoms with Gasteiger partial charge in [-0.25, -0.2) is 0 Å². The fourth-order valence-corrected chi connectivity index (χ4v) is 8.05. The van der Waals surface area contributed by atoms with Crippen LogP contribution in [0.5, 0.6) is 0 Å². The number of nitrogens with zero attached hydrogens (tertiary/aromatic N) is 4. The molecule has 0 saturated carbocycles. The number of aromatic nitrogens is 2. The molecule has 0 atom stereocenters. The van der Waals surface area contributed by atoms with Crippen molar-refractivity contribution in [3.8, 4) is 56.9 Å². The molecular weight excluding hydrogens is 657 g/mol. The summed E-state index contributed by atoms with van der Waals surface area (Å²) in [5.41, 5.74) is 14.3. The standard InChI is InChI=1S/C50H30N4/c51-31-33-10-8-11-35(24-33)36-12-9-13-37(26-36)39-27-40(29-42(28-39)54-48-19-7-4-16-43(48)45-25-34(32-52)20-22-49(45)54)38-21-23-50-46(30-38)44-17-5-6-18-47(44)53(50)41-14-2-1-3-15-41/h1-30H. The van der Waals surface area contributed by atoms with Crippen molar-refractivity contribution in [3.05, 3.63) is 193 Å². The minimum atomic E-state index is 0.636. The van der Waals surface area contributed by atoms with Gasteiger partial charge in [-0.2, -0.15) is 10.5 Å². The Morgan fingerprint density at radius 3 is 1.46 bits per heavy atom. The van der Waals surface area contributed by atoms with E-state index in [1.165, 1.54) is 16.3 Å². The van der Waals surface area contributed by atoms with Gasteiger partial charge in [-0.15, -0.1) is 0 Å². The van der Waals surface area contributed by atoms with E-state index in [-0.39, 0.29) is 0 Å². The van der Waals surface area contributed by atoms with Crippen LogP contribution < -0.4 is 0 Å². The molecule has 10 aromatic rings. The van der Waals surface area contributed by atoms with Gasteiger partial charge in [-0.05, 0) is 124 Å². The molecular formula is C50H30N4. The molecule has 8 aromatic carbocycles. The van der Waals surface area contributed by atoms with E-state index in [1.54, 1.807) is 0 Å². The first-order valence-electron chi connectivity index (χ1n) is 18.0. The second-order valence-electron chi connectivity index (χ2n) is 13.7. The number of nitriles is 2. The van der Waals surface area contributed by atoms with Crippen LogP contribution >= 0.6 is 0 Å². The molecule has 4 heteroatoms. The van der Waals surface area contributed by atoms with E-state index in [0.717, 1.165) is 72.1 Å². The largest absolute Gasteiger partial charge is 0.309 e. The highest BCUT2D eigenvalue weighted by molar-refractivity contribution is 6.11. The first-order valence-corrected chi connectivity index (χ1v) is 18.0. The molecule has 2 heterocycles. The minimum absolute atomic E-state index is 0.636. The molecule has 4 nitrogen and oxygen atoms in total. The average Bonchev–Trinajstić information content (AvgIpc) is 3.76. The van der Waals surface area contributed by atoms with Crippen molar-refractivity contribution < 1.29 is 0 Å². The fraction of sp³-hybridized carbons (Fsp3) is 0. The highest BCUT2D eigenvalue weighted by Gasteiger charge is 2.17. The maximum atomic E-state index is 9.79. The molecule has 2 aromatic heterocycles. The number of hydrogen-bond donors (Lipinski definition) is 0. The van der Waals surface area contributed by atoms with Crippen molar-refractivity contribution in [1.29, 1.82) is 10.5 Å². The van der Waals surface area contributed by atoms with Crippen LogP contribution in [-0.2, 0) is 0 Å². The lowest BCUT2D eigenvalue weighted by molar-refractivity contribution is 1.18.